The molecule has 0 saturated carbocycles. The largest absolute Gasteiger partial charge is 0.497 e. The highest BCUT2D eigenvalue weighted by molar-refractivity contribution is 5.28. The van der Waals surface area contributed by atoms with Crippen molar-refractivity contribution in [2.45, 2.75) is 32.2 Å². The quantitative estimate of drug-likeness (QED) is 0.864. The highest BCUT2D eigenvalue weighted by atomic mass is 16.5. The zero-order valence-electron chi connectivity index (χ0n) is 13.1. The second-order valence-corrected chi connectivity index (χ2v) is 5.98. The van der Waals surface area contributed by atoms with Crippen molar-refractivity contribution < 1.29 is 4.74 Å². The molecular formula is C17H28N2O. The molecule has 1 N–H and O–H groups in total. The van der Waals surface area contributed by atoms with Gasteiger partial charge in [-0.2, -0.15) is 0 Å². The summed E-state index contributed by atoms with van der Waals surface area (Å²) in [4.78, 5) is 2.43. The molecule has 0 aromatic heterocycles. The molecule has 3 heteroatoms. The SMILES string of the molecule is COc1ccc(C(C)NCCC2CCN(C)CC2)cc1. The van der Waals surface area contributed by atoms with Crippen LogP contribution in [0.1, 0.15) is 37.8 Å². The van der Waals surface area contributed by atoms with E-state index in [9.17, 15) is 0 Å². The monoisotopic (exact) mass is 276 g/mol. The first kappa shape index (κ1) is 15.3. The van der Waals surface area contributed by atoms with Crippen LogP contribution in [0.2, 0.25) is 0 Å². The zero-order chi connectivity index (χ0) is 14.4. The maximum absolute atomic E-state index is 5.19. The molecule has 0 aliphatic carbocycles. The summed E-state index contributed by atoms with van der Waals surface area (Å²) < 4.78 is 5.19. The summed E-state index contributed by atoms with van der Waals surface area (Å²) >= 11 is 0. The van der Waals surface area contributed by atoms with E-state index in [4.69, 9.17) is 4.74 Å². The Morgan fingerprint density at radius 2 is 1.90 bits per heavy atom. The molecule has 112 valence electrons. The Labute approximate surface area is 123 Å². The summed E-state index contributed by atoms with van der Waals surface area (Å²) in [5.74, 6) is 1.83. The van der Waals surface area contributed by atoms with Crippen LogP contribution in [-0.2, 0) is 0 Å². The van der Waals surface area contributed by atoms with Crippen molar-refractivity contribution in [2.24, 2.45) is 5.92 Å². The van der Waals surface area contributed by atoms with Crippen LogP contribution < -0.4 is 10.1 Å². The van der Waals surface area contributed by atoms with Crippen LogP contribution in [0.4, 0.5) is 0 Å². The molecule has 1 atom stereocenters. The topological polar surface area (TPSA) is 24.5 Å². The second-order valence-electron chi connectivity index (χ2n) is 5.98. The van der Waals surface area contributed by atoms with Crippen molar-refractivity contribution in [1.82, 2.24) is 10.2 Å². The number of ether oxygens (including phenoxy) is 1. The predicted molar refractivity (Wildman–Crippen MR) is 84.2 cm³/mol. The van der Waals surface area contributed by atoms with Crippen LogP contribution >= 0.6 is 0 Å². The van der Waals surface area contributed by atoms with E-state index >= 15 is 0 Å². The summed E-state index contributed by atoms with van der Waals surface area (Å²) in [7, 11) is 3.93. The number of nitrogens with one attached hydrogen (secondary N) is 1. The Bertz CT molecular complexity index is 382. The lowest BCUT2D eigenvalue weighted by atomic mass is 9.93. The number of hydrogen-bond acceptors (Lipinski definition) is 3. The molecule has 0 amide bonds. The lowest BCUT2D eigenvalue weighted by Crippen LogP contribution is -2.32. The maximum atomic E-state index is 5.19. The lowest BCUT2D eigenvalue weighted by molar-refractivity contribution is 0.211. The Kier molecular flexibility index (Phi) is 5.86. The number of nitrogens with zero attached hydrogens (tertiary/aromatic N) is 1. The normalized spacial score (nSPS) is 18.9. The first-order valence-electron chi connectivity index (χ1n) is 7.75. The lowest BCUT2D eigenvalue weighted by Gasteiger charge is -2.29. The molecule has 1 saturated heterocycles. The van der Waals surface area contributed by atoms with Gasteiger partial charge in [0.15, 0.2) is 0 Å². The fraction of sp³-hybridized carbons (Fsp3) is 0.647. The molecule has 1 fully saturated rings. The van der Waals surface area contributed by atoms with Crippen LogP contribution in [0.3, 0.4) is 0 Å². The zero-order valence-corrected chi connectivity index (χ0v) is 13.1. The van der Waals surface area contributed by atoms with Crippen LogP contribution in [0.25, 0.3) is 0 Å². The number of rotatable bonds is 6. The van der Waals surface area contributed by atoms with E-state index < -0.39 is 0 Å². The van der Waals surface area contributed by atoms with E-state index in [0.29, 0.717) is 6.04 Å². The minimum atomic E-state index is 0.409. The molecule has 3 nitrogen and oxygen atoms in total. The summed E-state index contributed by atoms with van der Waals surface area (Å²) in [5, 5.41) is 3.64. The third-order valence-electron chi connectivity index (χ3n) is 4.46. The third kappa shape index (κ3) is 4.50. The number of hydrogen-bond donors (Lipinski definition) is 1. The Balaban J connectivity index is 1.70. The molecule has 1 aromatic rings. The molecule has 0 bridgehead atoms. The molecule has 1 aliphatic rings. The highest BCUT2D eigenvalue weighted by Crippen LogP contribution is 2.20. The standard InChI is InChI=1S/C17H28N2O/c1-14(16-4-6-17(20-3)7-5-16)18-11-8-15-9-12-19(2)13-10-15/h4-7,14-15,18H,8-13H2,1-3H3. The minimum absolute atomic E-state index is 0.409. The number of benzene rings is 1. The van der Waals surface area contributed by atoms with Gasteiger partial charge >= 0.3 is 0 Å². The Hall–Kier alpha value is -1.06. The molecule has 0 spiro atoms. The van der Waals surface area contributed by atoms with Gasteiger partial charge in [-0.3, -0.25) is 0 Å². The van der Waals surface area contributed by atoms with Gasteiger partial charge < -0.3 is 15.0 Å². The van der Waals surface area contributed by atoms with Gasteiger partial charge in [0, 0.05) is 6.04 Å². The van der Waals surface area contributed by atoms with Crippen LogP contribution in [0.15, 0.2) is 24.3 Å². The van der Waals surface area contributed by atoms with Gasteiger partial charge in [0.2, 0.25) is 0 Å². The van der Waals surface area contributed by atoms with Crippen molar-refractivity contribution in [2.75, 3.05) is 33.8 Å². The summed E-state index contributed by atoms with van der Waals surface area (Å²) in [5.41, 5.74) is 1.33. The Morgan fingerprint density at radius 3 is 2.50 bits per heavy atom. The van der Waals surface area contributed by atoms with Crippen molar-refractivity contribution in [1.29, 1.82) is 0 Å². The average molecular weight is 276 g/mol. The maximum Gasteiger partial charge on any atom is 0.118 e. The summed E-state index contributed by atoms with van der Waals surface area (Å²) in [6.45, 7) is 5.87. The van der Waals surface area contributed by atoms with Crippen molar-refractivity contribution in [3.63, 3.8) is 0 Å². The first-order chi connectivity index (χ1) is 9.69. The van der Waals surface area contributed by atoms with Crippen molar-refractivity contribution in [3.8, 4) is 5.75 Å². The number of methoxy groups -OCH3 is 1. The second kappa shape index (κ2) is 7.65. The molecule has 0 radical (unpaired) electrons. The van der Waals surface area contributed by atoms with Gasteiger partial charge in [-0.05, 0) is 76.5 Å². The molecule has 1 unspecified atom stereocenters. The van der Waals surface area contributed by atoms with E-state index in [1.54, 1.807) is 7.11 Å². The smallest absolute Gasteiger partial charge is 0.118 e. The minimum Gasteiger partial charge on any atom is -0.497 e. The van der Waals surface area contributed by atoms with Crippen molar-refractivity contribution >= 4 is 0 Å². The fourth-order valence-electron chi connectivity index (χ4n) is 2.87. The van der Waals surface area contributed by atoms with E-state index in [0.717, 1.165) is 18.2 Å². The number of likely N-dealkylation sites (tertiary alicyclic amines) is 1. The fourth-order valence-corrected chi connectivity index (χ4v) is 2.87. The van der Waals surface area contributed by atoms with Crippen LogP contribution in [0.5, 0.6) is 5.75 Å². The summed E-state index contributed by atoms with van der Waals surface area (Å²) in [6, 6.07) is 8.76. The molecule has 1 heterocycles. The number of piperidine rings is 1. The van der Waals surface area contributed by atoms with Crippen molar-refractivity contribution in [3.05, 3.63) is 29.8 Å². The predicted octanol–water partition coefficient (Wildman–Crippen LogP) is 3.08. The van der Waals surface area contributed by atoms with E-state index in [1.165, 1.54) is 37.9 Å². The van der Waals surface area contributed by atoms with Gasteiger partial charge in [-0.25, -0.2) is 0 Å². The molecule has 20 heavy (non-hydrogen) atoms. The third-order valence-corrected chi connectivity index (χ3v) is 4.46. The van der Waals surface area contributed by atoms with Gasteiger partial charge in [-0.1, -0.05) is 12.1 Å². The van der Waals surface area contributed by atoms with E-state index in [-0.39, 0.29) is 0 Å². The summed E-state index contributed by atoms with van der Waals surface area (Å²) in [6.07, 6.45) is 4.01. The molecule has 1 aliphatic heterocycles. The van der Waals surface area contributed by atoms with Crippen LogP contribution in [0, 0.1) is 5.92 Å². The molecule has 1 aromatic carbocycles. The van der Waals surface area contributed by atoms with E-state index in [2.05, 4.69) is 36.3 Å². The highest BCUT2D eigenvalue weighted by Gasteiger charge is 2.16. The average Bonchev–Trinajstić information content (AvgIpc) is 2.49. The van der Waals surface area contributed by atoms with Gasteiger partial charge in [0.1, 0.15) is 5.75 Å². The Morgan fingerprint density at radius 1 is 1.25 bits per heavy atom. The van der Waals surface area contributed by atoms with Crippen LogP contribution in [-0.4, -0.2) is 38.7 Å². The van der Waals surface area contributed by atoms with Gasteiger partial charge in [0.05, 0.1) is 7.11 Å². The van der Waals surface area contributed by atoms with Gasteiger partial charge in [-0.15, -0.1) is 0 Å². The molecule has 2 rings (SSSR count). The van der Waals surface area contributed by atoms with Gasteiger partial charge in [0.25, 0.3) is 0 Å². The molecular weight excluding hydrogens is 248 g/mol. The first-order valence-corrected chi connectivity index (χ1v) is 7.75. The van der Waals surface area contributed by atoms with E-state index in [1.807, 2.05) is 12.1 Å².